The summed E-state index contributed by atoms with van der Waals surface area (Å²) in [6.45, 7) is 8.11. The van der Waals surface area contributed by atoms with E-state index in [9.17, 15) is 13.6 Å². The van der Waals surface area contributed by atoms with E-state index in [1.807, 2.05) is 0 Å². The predicted octanol–water partition coefficient (Wildman–Crippen LogP) is 4.84. The molecule has 0 aliphatic rings. The van der Waals surface area contributed by atoms with Crippen molar-refractivity contribution >= 4 is 22.0 Å². The first-order chi connectivity index (χ1) is 9.57. The van der Waals surface area contributed by atoms with E-state index < -0.39 is 23.7 Å². The molecule has 1 N–H and O–H groups in total. The number of alkyl carbamates (subject to hydrolysis) is 1. The van der Waals surface area contributed by atoms with Crippen LogP contribution in [0.4, 0.5) is 13.6 Å². The van der Waals surface area contributed by atoms with Gasteiger partial charge in [0.1, 0.15) is 11.6 Å². The minimum absolute atomic E-state index is 0.244. The Bertz CT molecular complexity index is 527. The molecule has 0 radical (unpaired) electrons. The van der Waals surface area contributed by atoms with Crippen LogP contribution >= 0.6 is 15.9 Å². The molecule has 1 aromatic rings. The van der Waals surface area contributed by atoms with Crippen LogP contribution in [-0.4, -0.2) is 17.6 Å². The number of alkyl halides is 2. The fourth-order valence-corrected chi connectivity index (χ4v) is 2.15. The molecule has 1 rings (SSSR count). The Hall–Kier alpha value is -1.43. The summed E-state index contributed by atoms with van der Waals surface area (Å²) in [5, 5.41) is 2.21. The molecule has 1 amide bonds. The molecule has 116 valence electrons. The molecule has 1 unspecified atom stereocenters. The van der Waals surface area contributed by atoms with Crippen LogP contribution in [0, 0.1) is 0 Å². The Morgan fingerprint density at radius 2 is 1.95 bits per heavy atom. The number of hydrogen-bond donors (Lipinski definition) is 1. The zero-order chi connectivity index (χ0) is 16.3. The Morgan fingerprint density at radius 3 is 2.43 bits per heavy atom. The van der Waals surface area contributed by atoms with E-state index >= 15 is 0 Å². The second-order valence-corrected chi connectivity index (χ2v) is 6.33. The largest absolute Gasteiger partial charge is 0.444 e. The second-order valence-electron chi connectivity index (χ2n) is 5.48. The maximum absolute atomic E-state index is 14.1. The first kappa shape index (κ1) is 17.6. The topological polar surface area (TPSA) is 38.3 Å². The maximum Gasteiger partial charge on any atom is 0.408 e. The van der Waals surface area contributed by atoms with Gasteiger partial charge in [0.15, 0.2) is 0 Å². The summed E-state index contributed by atoms with van der Waals surface area (Å²) in [7, 11) is 0. The van der Waals surface area contributed by atoms with E-state index in [-0.39, 0.29) is 5.56 Å². The van der Waals surface area contributed by atoms with Gasteiger partial charge in [0.2, 0.25) is 0 Å². The molecule has 0 spiro atoms. The molecule has 0 bridgehead atoms. The molecule has 21 heavy (non-hydrogen) atoms. The normalized spacial score (nSPS) is 13.4. The van der Waals surface area contributed by atoms with Crippen molar-refractivity contribution in [1.82, 2.24) is 5.32 Å². The van der Waals surface area contributed by atoms with Crippen molar-refractivity contribution in [1.29, 1.82) is 0 Å². The van der Waals surface area contributed by atoms with Crippen LogP contribution in [0.1, 0.15) is 32.4 Å². The van der Waals surface area contributed by atoms with Crippen molar-refractivity contribution in [3.63, 3.8) is 0 Å². The van der Waals surface area contributed by atoms with E-state index in [0.29, 0.717) is 10.5 Å². The van der Waals surface area contributed by atoms with Crippen molar-refractivity contribution < 1.29 is 18.3 Å². The van der Waals surface area contributed by atoms with Gasteiger partial charge in [-0.2, -0.15) is 8.78 Å². The van der Waals surface area contributed by atoms with E-state index in [2.05, 4.69) is 27.8 Å². The van der Waals surface area contributed by atoms with Crippen molar-refractivity contribution in [3.8, 4) is 0 Å². The molecule has 3 nitrogen and oxygen atoms in total. The van der Waals surface area contributed by atoms with Gasteiger partial charge in [0.25, 0.3) is 5.92 Å². The third-order valence-corrected chi connectivity index (χ3v) is 3.26. The van der Waals surface area contributed by atoms with E-state index in [4.69, 9.17) is 4.74 Å². The summed E-state index contributed by atoms with van der Waals surface area (Å²) in [6, 6.07) is 4.87. The summed E-state index contributed by atoms with van der Waals surface area (Å²) >= 11 is 3.21. The van der Waals surface area contributed by atoms with Crippen molar-refractivity contribution in [3.05, 3.63) is 47.0 Å². The average molecular weight is 362 g/mol. The first-order valence-electron chi connectivity index (χ1n) is 6.32. The zero-order valence-electron chi connectivity index (χ0n) is 12.1. The van der Waals surface area contributed by atoms with Crippen LogP contribution in [0.2, 0.25) is 0 Å². The summed E-state index contributed by atoms with van der Waals surface area (Å²) < 4.78 is 33.6. The Balaban J connectivity index is 3.09. The molecule has 0 heterocycles. The Morgan fingerprint density at radius 1 is 1.38 bits per heavy atom. The van der Waals surface area contributed by atoms with Gasteiger partial charge in [0.05, 0.1) is 0 Å². The lowest BCUT2D eigenvalue weighted by molar-refractivity contribution is -0.000632. The Kier molecular flexibility index (Phi) is 5.50. The third-order valence-electron chi connectivity index (χ3n) is 2.53. The van der Waals surface area contributed by atoms with Gasteiger partial charge in [-0.15, -0.1) is 0 Å². The first-order valence-corrected chi connectivity index (χ1v) is 7.11. The molecule has 6 heteroatoms. The summed E-state index contributed by atoms with van der Waals surface area (Å²) in [4.78, 5) is 11.8. The lowest BCUT2D eigenvalue weighted by atomic mass is 10.0. The lowest BCUT2D eigenvalue weighted by Gasteiger charge is -2.28. The van der Waals surface area contributed by atoms with Crippen LogP contribution in [0.3, 0.4) is 0 Å². The lowest BCUT2D eigenvalue weighted by Crippen LogP contribution is -2.42. The maximum atomic E-state index is 14.1. The molecule has 0 fully saturated rings. The zero-order valence-corrected chi connectivity index (χ0v) is 13.7. The molecule has 0 aliphatic heterocycles. The van der Waals surface area contributed by atoms with Crippen LogP contribution < -0.4 is 5.32 Å². The minimum atomic E-state index is -3.32. The van der Waals surface area contributed by atoms with Crippen LogP contribution in [0.5, 0.6) is 0 Å². The number of benzene rings is 1. The van der Waals surface area contributed by atoms with E-state index in [0.717, 1.165) is 0 Å². The highest BCUT2D eigenvalue weighted by Crippen LogP contribution is 2.36. The van der Waals surface area contributed by atoms with Gasteiger partial charge < -0.3 is 10.1 Å². The number of amides is 1. The quantitative estimate of drug-likeness (QED) is 0.779. The molecule has 1 atom stereocenters. The monoisotopic (exact) mass is 361 g/mol. The smallest absolute Gasteiger partial charge is 0.408 e. The fourth-order valence-electron chi connectivity index (χ4n) is 1.63. The molecule has 0 saturated heterocycles. The Labute approximate surface area is 131 Å². The summed E-state index contributed by atoms with van der Waals surface area (Å²) in [5.74, 6) is -3.32. The van der Waals surface area contributed by atoms with Gasteiger partial charge in [-0.25, -0.2) is 4.79 Å². The molecule has 0 saturated carbocycles. The van der Waals surface area contributed by atoms with Crippen LogP contribution in [0.25, 0.3) is 0 Å². The highest BCUT2D eigenvalue weighted by atomic mass is 79.9. The number of carbonyl (C=O) groups excluding carboxylic acids is 1. The van der Waals surface area contributed by atoms with Gasteiger partial charge in [-0.1, -0.05) is 40.7 Å². The van der Waals surface area contributed by atoms with Crippen molar-refractivity contribution in [2.45, 2.75) is 38.3 Å². The van der Waals surface area contributed by atoms with Crippen LogP contribution in [0.15, 0.2) is 41.4 Å². The number of rotatable bonds is 4. The highest BCUT2D eigenvalue weighted by molar-refractivity contribution is 9.10. The summed E-state index contributed by atoms with van der Waals surface area (Å²) in [6.07, 6.45) is -0.404. The number of carbonyl (C=O) groups is 1. The standard InChI is InChI=1S/C15H18BrF2NO2/c1-5-15(17,18)12(10-8-6-7-9-11(10)16)19-13(20)21-14(2,3)4/h5-9,12H,1H2,2-4H3,(H,19,20). The molecule has 0 aliphatic carbocycles. The molecule has 0 aromatic heterocycles. The minimum Gasteiger partial charge on any atom is -0.444 e. The van der Waals surface area contributed by atoms with Gasteiger partial charge in [-0.3, -0.25) is 0 Å². The number of ether oxygens (including phenoxy) is 1. The molecular weight excluding hydrogens is 344 g/mol. The van der Waals surface area contributed by atoms with Gasteiger partial charge in [-0.05, 0) is 38.5 Å². The SMILES string of the molecule is C=CC(F)(F)C(NC(=O)OC(C)(C)C)c1ccccc1Br. The van der Waals surface area contributed by atoms with Crippen molar-refractivity contribution in [2.24, 2.45) is 0 Å². The van der Waals surface area contributed by atoms with Crippen molar-refractivity contribution in [2.75, 3.05) is 0 Å². The third kappa shape index (κ3) is 5.12. The molecular formula is C15H18BrF2NO2. The number of hydrogen-bond acceptors (Lipinski definition) is 2. The van der Waals surface area contributed by atoms with Crippen LogP contribution in [-0.2, 0) is 4.74 Å². The molecule has 1 aromatic carbocycles. The number of halogens is 3. The number of nitrogens with one attached hydrogen (secondary N) is 1. The predicted molar refractivity (Wildman–Crippen MR) is 81.4 cm³/mol. The van der Waals surface area contributed by atoms with E-state index in [1.54, 1.807) is 39.0 Å². The average Bonchev–Trinajstić information content (AvgIpc) is 2.35. The fraction of sp³-hybridized carbons (Fsp3) is 0.400. The summed E-state index contributed by atoms with van der Waals surface area (Å²) in [5.41, 5.74) is -0.528. The second kappa shape index (κ2) is 6.56. The highest BCUT2D eigenvalue weighted by Gasteiger charge is 2.40. The van der Waals surface area contributed by atoms with E-state index in [1.165, 1.54) is 6.07 Å². The van der Waals surface area contributed by atoms with Gasteiger partial charge >= 0.3 is 6.09 Å². The van der Waals surface area contributed by atoms with Gasteiger partial charge in [0, 0.05) is 4.47 Å².